The SMILES string of the molecule is C[C@H]1CCCN(c2cc(Oc3ccccc3)nc(NC(=S)NC[C@H]3CCCO3)n2)C1. The summed E-state index contributed by atoms with van der Waals surface area (Å²) >= 11 is 5.45. The molecule has 2 fully saturated rings. The highest BCUT2D eigenvalue weighted by atomic mass is 32.1. The molecule has 0 amide bonds. The molecular formula is C22H29N5O2S. The van der Waals surface area contributed by atoms with Crippen molar-refractivity contribution in [1.82, 2.24) is 15.3 Å². The molecule has 2 aliphatic heterocycles. The zero-order valence-corrected chi connectivity index (χ0v) is 18.2. The summed E-state index contributed by atoms with van der Waals surface area (Å²) in [6, 6.07) is 11.6. The number of hydrogen-bond donors (Lipinski definition) is 2. The molecule has 8 heteroatoms. The Morgan fingerprint density at radius 2 is 2.10 bits per heavy atom. The lowest BCUT2D eigenvalue weighted by atomic mass is 10.0. The highest BCUT2D eigenvalue weighted by Crippen LogP contribution is 2.27. The minimum atomic E-state index is 0.212. The number of nitrogens with zero attached hydrogens (tertiary/aromatic N) is 3. The van der Waals surface area contributed by atoms with Crippen molar-refractivity contribution in [2.45, 2.75) is 38.7 Å². The first kappa shape index (κ1) is 20.8. The number of hydrogen-bond acceptors (Lipinski definition) is 6. The number of para-hydroxylation sites is 1. The van der Waals surface area contributed by atoms with E-state index in [1.165, 1.54) is 6.42 Å². The highest BCUT2D eigenvalue weighted by molar-refractivity contribution is 7.80. The van der Waals surface area contributed by atoms with E-state index in [1.807, 2.05) is 36.4 Å². The second-order valence-corrected chi connectivity index (χ2v) is 8.37. The van der Waals surface area contributed by atoms with Crippen molar-refractivity contribution in [2.24, 2.45) is 5.92 Å². The van der Waals surface area contributed by atoms with Crippen LogP contribution in [0.4, 0.5) is 11.8 Å². The van der Waals surface area contributed by atoms with Gasteiger partial charge in [-0.3, -0.25) is 0 Å². The van der Waals surface area contributed by atoms with Crippen LogP contribution in [0.25, 0.3) is 0 Å². The third kappa shape index (κ3) is 5.79. The minimum Gasteiger partial charge on any atom is -0.439 e. The van der Waals surface area contributed by atoms with E-state index in [0.717, 1.165) is 50.5 Å². The molecule has 2 aliphatic rings. The smallest absolute Gasteiger partial charge is 0.234 e. The maximum atomic E-state index is 6.00. The summed E-state index contributed by atoms with van der Waals surface area (Å²) in [7, 11) is 0. The zero-order chi connectivity index (χ0) is 20.8. The molecule has 0 spiro atoms. The quantitative estimate of drug-likeness (QED) is 0.671. The number of nitrogens with one attached hydrogen (secondary N) is 2. The lowest BCUT2D eigenvalue weighted by Gasteiger charge is -2.32. The van der Waals surface area contributed by atoms with Crippen LogP contribution in [0.2, 0.25) is 0 Å². The standard InChI is InChI=1S/C22H29N5O2S/c1-16-7-5-11-27(15-16)19-13-20(29-17-8-3-2-4-9-17)25-21(24-19)26-22(30)23-14-18-10-6-12-28-18/h2-4,8-9,13,16,18H,5-7,10-12,14-15H2,1H3,(H2,23,24,25,26,30)/t16-,18+/m0/s1. The molecular weight excluding hydrogens is 398 g/mol. The van der Waals surface area contributed by atoms with E-state index >= 15 is 0 Å². The fourth-order valence-electron chi connectivity index (χ4n) is 3.85. The van der Waals surface area contributed by atoms with Crippen molar-refractivity contribution in [3.05, 3.63) is 36.4 Å². The number of aromatic nitrogens is 2. The lowest BCUT2D eigenvalue weighted by Crippen LogP contribution is -2.36. The summed E-state index contributed by atoms with van der Waals surface area (Å²) < 4.78 is 11.6. The van der Waals surface area contributed by atoms with Gasteiger partial charge in [0.05, 0.1) is 6.10 Å². The fraction of sp³-hybridized carbons (Fsp3) is 0.500. The van der Waals surface area contributed by atoms with Crippen molar-refractivity contribution in [3.8, 4) is 11.6 Å². The minimum absolute atomic E-state index is 0.212. The Hall–Kier alpha value is -2.45. The third-order valence-corrected chi connectivity index (χ3v) is 5.62. The van der Waals surface area contributed by atoms with Gasteiger partial charge in [-0.1, -0.05) is 25.1 Å². The van der Waals surface area contributed by atoms with E-state index in [4.69, 9.17) is 26.7 Å². The Morgan fingerprint density at radius 1 is 1.23 bits per heavy atom. The van der Waals surface area contributed by atoms with Crippen LogP contribution in [0.3, 0.4) is 0 Å². The third-order valence-electron chi connectivity index (χ3n) is 5.38. The number of thiocarbonyl (C=S) groups is 1. The van der Waals surface area contributed by atoms with Crippen LogP contribution in [0, 0.1) is 5.92 Å². The normalized spacial score (nSPS) is 21.3. The van der Waals surface area contributed by atoms with Gasteiger partial charge in [-0.05, 0) is 56.0 Å². The molecule has 160 valence electrons. The molecule has 7 nitrogen and oxygen atoms in total. The molecule has 2 aromatic rings. The molecule has 0 bridgehead atoms. The average Bonchev–Trinajstić information content (AvgIpc) is 3.27. The van der Waals surface area contributed by atoms with Crippen LogP contribution >= 0.6 is 12.2 Å². The molecule has 2 saturated heterocycles. The molecule has 2 atom stereocenters. The van der Waals surface area contributed by atoms with Gasteiger partial charge < -0.3 is 25.0 Å². The summed E-state index contributed by atoms with van der Waals surface area (Å²) in [6.45, 7) is 5.74. The largest absolute Gasteiger partial charge is 0.439 e. The first-order chi connectivity index (χ1) is 14.7. The van der Waals surface area contributed by atoms with Crippen LogP contribution in [0.5, 0.6) is 11.6 Å². The number of piperidine rings is 1. The second-order valence-electron chi connectivity index (χ2n) is 7.97. The molecule has 1 aromatic carbocycles. The van der Waals surface area contributed by atoms with Crippen LogP contribution < -0.4 is 20.3 Å². The van der Waals surface area contributed by atoms with E-state index in [-0.39, 0.29) is 6.10 Å². The maximum absolute atomic E-state index is 6.00. The van der Waals surface area contributed by atoms with E-state index < -0.39 is 0 Å². The van der Waals surface area contributed by atoms with Crippen molar-refractivity contribution >= 4 is 29.1 Å². The summed E-state index contributed by atoms with van der Waals surface area (Å²) in [5, 5.41) is 6.81. The van der Waals surface area contributed by atoms with Gasteiger partial charge in [0.2, 0.25) is 11.8 Å². The molecule has 3 heterocycles. The van der Waals surface area contributed by atoms with Crippen molar-refractivity contribution < 1.29 is 9.47 Å². The summed E-state index contributed by atoms with van der Waals surface area (Å²) in [4.78, 5) is 11.5. The van der Waals surface area contributed by atoms with E-state index in [0.29, 0.717) is 29.4 Å². The van der Waals surface area contributed by atoms with Gasteiger partial charge in [0, 0.05) is 32.3 Å². The van der Waals surface area contributed by atoms with Crippen molar-refractivity contribution in [1.29, 1.82) is 0 Å². The molecule has 4 rings (SSSR count). The van der Waals surface area contributed by atoms with Gasteiger partial charge in [-0.2, -0.15) is 9.97 Å². The summed E-state index contributed by atoms with van der Waals surface area (Å²) in [5.41, 5.74) is 0. The van der Waals surface area contributed by atoms with E-state index in [1.54, 1.807) is 0 Å². The number of rotatable bonds is 6. The van der Waals surface area contributed by atoms with Gasteiger partial charge in [-0.15, -0.1) is 0 Å². The molecule has 2 N–H and O–H groups in total. The Kier molecular flexibility index (Phi) is 6.96. The van der Waals surface area contributed by atoms with Gasteiger partial charge in [0.1, 0.15) is 11.6 Å². The molecule has 1 aromatic heterocycles. The monoisotopic (exact) mass is 427 g/mol. The topological polar surface area (TPSA) is 71.5 Å². The van der Waals surface area contributed by atoms with Crippen LogP contribution in [-0.2, 0) is 4.74 Å². The van der Waals surface area contributed by atoms with Gasteiger partial charge in [-0.25, -0.2) is 0 Å². The van der Waals surface area contributed by atoms with Crippen molar-refractivity contribution in [3.63, 3.8) is 0 Å². The van der Waals surface area contributed by atoms with Crippen LogP contribution in [0.1, 0.15) is 32.6 Å². The first-order valence-electron chi connectivity index (χ1n) is 10.7. The molecule has 0 unspecified atom stereocenters. The predicted octanol–water partition coefficient (Wildman–Crippen LogP) is 3.97. The van der Waals surface area contributed by atoms with Gasteiger partial charge in [0.25, 0.3) is 0 Å². The van der Waals surface area contributed by atoms with Crippen LogP contribution in [-0.4, -0.2) is 47.4 Å². The highest BCUT2D eigenvalue weighted by Gasteiger charge is 2.20. The van der Waals surface area contributed by atoms with Crippen LogP contribution in [0.15, 0.2) is 36.4 Å². The number of anilines is 2. The van der Waals surface area contributed by atoms with E-state index in [2.05, 4.69) is 27.4 Å². The summed E-state index contributed by atoms with van der Waals surface area (Å²) in [5.74, 6) is 3.15. The Balaban J connectivity index is 1.49. The van der Waals surface area contributed by atoms with Gasteiger partial charge >= 0.3 is 0 Å². The molecule has 0 saturated carbocycles. The predicted molar refractivity (Wildman–Crippen MR) is 122 cm³/mol. The average molecular weight is 428 g/mol. The molecule has 30 heavy (non-hydrogen) atoms. The maximum Gasteiger partial charge on any atom is 0.234 e. The van der Waals surface area contributed by atoms with E-state index in [9.17, 15) is 0 Å². The number of benzene rings is 1. The molecule has 0 aliphatic carbocycles. The Labute approximate surface area is 183 Å². The molecule has 0 radical (unpaired) electrons. The van der Waals surface area contributed by atoms with Crippen molar-refractivity contribution in [2.75, 3.05) is 36.5 Å². The number of ether oxygens (including phenoxy) is 2. The second kappa shape index (κ2) is 10.0. The first-order valence-corrected chi connectivity index (χ1v) is 11.1. The van der Waals surface area contributed by atoms with Gasteiger partial charge in [0.15, 0.2) is 5.11 Å². The Bertz CT molecular complexity index is 845. The lowest BCUT2D eigenvalue weighted by molar-refractivity contribution is 0.114. The fourth-order valence-corrected chi connectivity index (χ4v) is 4.02. The summed E-state index contributed by atoms with van der Waals surface area (Å²) in [6.07, 6.45) is 4.78. The zero-order valence-electron chi connectivity index (χ0n) is 17.3. The Morgan fingerprint density at radius 3 is 2.87 bits per heavy atom.